The molecule has 6 nitrogen and oxygen atoms in total. The number of nitrogens with one attached hydrogen (secondary N) is 1. The molecule has 1 aliphatic rings. The molecule has 1 N–H and O–H groups in total. The SMILES string of the molecule is CCCC[C@H](CC)CNC(=O)c1cc(N2CCc3cc(OC)c(OC)cc3C2)nc2ccccc12. The monoisotopic (exact) mass is 475 g/mol. The maximum Gasteiger partial charge on any atom is 0.252 e. The van der Waals surface area contributed by atoms with Gasteiger partial charge in [0.05, 0.1) is 25.3 Å². The Balaban J connectivity index is 1.61. The van der Waals surface area contributed by atoms with Crippen molar-refractivity contribution in [2.45, 2.75) is 52.5 Å². The van der Waals surface area contributed by atoms with E-state index in [9.17, 15) is 4.79 Å². The van der Waals surface area contributed by atoms with E-state index >= 15 is 0 Å². The number of rotatable bonds is 10. The first kappa shape index (κ1) is 24.8. The number of amides is 1. The molecule has 1 aliphatic heterocycles. The Morgan fingerprint density at radius 3 is 2.54 bits per heavy atom. The van der Waals surface area contributed by atoms with Crippen LogP contribution in [0, 0.1) is 5.92 Å². The molecule has 35 heavy (non-hydrogen) atoms. The van der Waals surface area contributed by atoms with Gasteiger partial charge in [-0.25, -0.2) is 4.98 Å². The third-order valence-corrected chi connectivity index (χ3v) is 7.08. The van der Waals surface area contributed by atoms with E-state index < -0.39 is 0 Å². The van der Waals surface area contributed by atoms with Crippen molar-refractivity contribution in [2.24, 2.45) is 5.92 Å². The van der Waals surface area contributed by atoms with Crippen molar-refractivity contribution in [3.63, 3.8) is 0 Å². The van der Waals surface area contributed by atoms with Crippen molar-refractivity contribution >= 4 is 22.6 Å². The lowest BCUT2D eigenvalue weighted by Crippen LogP contribution is -2.32. The highest BCUT2D eigenvalue weighted by atomic mass is 16.5. The zero-order chi connectivity index (χ0) is 24.8. The average molecular weight is 476 g/mol. The summed E-state index contributed by atoms with van der Waals surface area (Å²) in [6.45, 7) is 6.65. The summed E-state index contributed by atoms with van der Waals surface area (Å²) in [5.41, 5.74) is 3.98. The number of hydrogen-bond acceptors (Lipinski definition) is 5. The molecule has 0 saturated heterocycles. The molecular formula is C29H37N3O3. The second-order valence-electron chi connectivity index (χ2n) is 9.32. The van der Waals surface area contributed by atoms with Gasteiger partial charge >= 0.3 is 0 Å². The van der Waals surface area contributed by atoms with E-state index in [0.717, 1.165) is 54.0 Å². The van der Waals surface area contributed by atoms with Crippen LogP contribution < -0.4 is 19.7 Å². The summed E-state index contributed by atoms with van der Waals surface area (Å²) >= 11 is 0. The number of benzene rings is 2. The van der Waals surface area contributed by atoms with Crippen molar-refractivity contribution in [3.05, 3.63) is 59.2 Å². The number of carbonyl (C=O) groups is 1. The summed E-state index contributed by atoms with van der Waals surface area (Å²) in [5, 5.41) is 4.10. The van der Waals surface area contributed by atoms with Gasteiger partial charge in [0.2, 0.25) is 0 Å². The second kappa shape index (κ2) is 11.4. The minimum Gasteiger partial charge on any atom is -0.493 e. The molecule has 1 aromatic heterocycles. The van der Waals surface area contributed by atoms with Gasteiger partial charge in [-0.1, -0.05) is 51.3 Å². The van der Waals surface area contributed by atoms with Crippen LogP contribution in [-0.4, -0.2) is 38.2 Å². The van der Waals surface area contributed by atoms with Gasteiger partial charge in [-0.05, 0) is 54.2 Å². The largest absolute Gasteiger partial charge is 0.493 e. The van der Waals surface area contributed by atoms with Crippen LogP contribution in [0.1, 0.15) is 61.0 Å². The number of carbonyl (C=O) groups excluding carboxylic acids is 1. The Bertz CT molecular complexity index is 1180. The Labute approximate surface area is 208 Å². The lowest BCUT2D eigenvalue weighted by Gasteiger charge is -2.31. The van der Waals surface area contributed by atoms with Crippen LogP contribution in [0.5, 0.6) is 11.5 Å². The van der Waals surface area contributed by atoms with Gasteiger partial charge in [0.25, 0.3) is 5.91 Å². The lowest BCUT2D eigenvalue weighted by atomic mass is 9.98. The summed E-state index contributed by atoms with van der Waals surface area (Å²) < 4.78 is 11.0. The molecule has 2 heterocycles. The summed E-state index contributed by atoms with van der Waals surface area (Å²) in [7, 11) is 3.32. The van der Waals surface area contributed by atoms with Crippen LogP contribution in [0.2, 0.25) is 0 Å². The quantitative estimate of drug-likeness (QED) is 0.404. The number of aromatic nitrogens is 1. The number of para-hydroxylation sites is 1. The molecule has 0 unspecified atom stereocenters. The number of methoxy groups -OCH3 is 2. The van der Waals surface area contributed by atoms with Crippen molar-refractivity contribution in [1.29, 1.82) is 0 Å². The zero-order valence-electron chi connectivity index (χ0n) is 21.4. The number of hydrogen-bond donors (Lipinski definition) is 1. The Morgan fingerprint density at radius 2 is 1.83 bits per heavy atom. The molecule has 0 radical (unpaired) electrons. The molecule has 186 valence electrons. The van der Waals surface area contributed by atoms with Crippen molar-refractivity contribution in [3.8, 4) is 11.5 Å². The summed E-state index contributed by atoms with van der Waals surface area (Å²) in [4.78, 5) is 20.5. The minimum atomic E-state index is -0.0244. The van der Waals surface area contributed by atoms with E-state index in [1.807, 2.05) is 30.3 Å². The van der Waals surface area contributed by atoms with E-state index in [1.165, 1.54) is 24.0 Å². The van der Waals surface area contributed by atoms with Crippen LogP contribution >= 0.6 is 0 Å². The smallest absolute Gasteiger partial charge is 0.252 e. The predicted octanol–water partition coefficient (Wildman–Crippen LogP) is 5.76. The average Bonchev–Trinajstić information content (AvgIpc) is 2.91. The van der Waals surface area contributed by atoms with E-state index in [4.69, 9.17) is 14.5 Å². The highest BCUT2D eigenvalue weighted by molar-refractivity contribution is 6.07. The molecule has 0 spiro atoms. The minimum absolute atomic E-state index is 0.0244. The van der Waals surface area contributed by atoms with Crippen molar-refractivity contribution in [2.75, 3.05) is 32.2 Å². The molecule has 0 aliphatic carbocycles. The third-order valence-electron chi connectivity index (χ3n) is 7.08. The summed E-state index contributed by atoms with van der Waals surface area (Å²) in [6.07, 6.45) is 5.48. The molecule has 0 bridgehead atoms. The number of anilines is 1. The van der Waals surface area contributed by atoms with Crippen LogP contribution in [-0.2, 0) is 13.0 Å². The topological polar surface area (TPSA) is 63.7 Å². The van der Waals surface area contributed by atoms with Gasteiger partial charge in [-0.15, -0.1) is 0 Å². The van der Waals surface area contributed by atoms with Gasteiger partial charge in [0, 0.05) is 25.0 Å². The highest BCUT2D eigenvalue weighted by Crippen LogP contribution is 2.35. The number of nitrogens with zero attached hydrogens (tertiary/aromatic N) is 2. The van der Waals surface area contributed by atoms with Gasteiger partial charge in [-0.3, -0.25) is 4.79 Å². The molecule has 1 amide bonds. The van der Waals surface area contributed by atoms with Crippen LogP contribution in [0.3, 0.4) is 0 Å². The number of ether oxygens (including phenoxy) is 2. The second-order valence-corrected chi connectivity index (χ2v) is 9.32. The number of pyridine rings is 1. The summed E-state index contributed by atoms with van der Waals surface area (Å²) in [6, 6.07) is 14.0. The summed E-state index contributed by atoms with van der Waals surface area (Å²) in [5.74, 6) is 2.80. The van der Waals surface area contributed by atoms with E-state index in [0.29, 0.717) is 24.6 Å². The van der Waals surface area contributed by atoms with Crippen LogP contribution in [0.4, 0.5) is 5.82 Å². The normalized spacial score (nSPS) is 13.9. The maximum atomic E-state index is 13.4. The third kappa shape index (κ3) is 5.53. The molecule has 6 heteroatoms. The highest BCUT2D eigenvalue weighted by Gasteiger charge is 2.23. The predicted molar refractivity (Wildman–Crippen MR) is 142 cm³/mol. The van der Waals surface area contributed by atoms with Crippen LogP contribution in [0.15, 0.2) is 42.5 Å². The maximum absolute atomic E-state index is 13.4. The zero-order valence-corrected chi connectivity index (χ0v) is 21.4. The lowest BCUT2D eigenvalue weighted by molar-refractivity contribution is 0.0947. The van der Waals surface area contributed by atoms with Gasteiger partial charge in [-0.2, -0.15) is 0 Å². The number of unbranched alkanes of at least 4 members (excludes halogenated alkanes) is 1. The fraction of sp³-hybridized carbons (Fsp3) is 0.448. The molecular weight excluding hydrogens is 438 g/mol. The van der Waals surface area contributed by atoms with Gasteiger partial charge < -0.3 is 19.7 Å². The standard InChI is InChI=1S/C29H37N3O3/c1-5-7-10-20(6-2)18-30-29(33)24-17-28(31-25-12-9-8-11-23(24)25)32-14-13-21-15-26(34-3)27(35-4)16-22(21)19-32/h8-9,11-12,15-17,20H,5-7,10,13-14,18-19H2,1-4H3,(H,30,33)/t20-/m0/s1. The van der Waals surface area contributed by atoms with E-state index in [2.05, 4.69) is 36.2 Å². The van der Waals surface area contributed by atoms with Crippen molar-refractivity contribution < 1.29 is 14.3 Å². The molecule has 3 aromatic rings. The van der Waals surface area contributed by atoms with E-state index in [-0.39, 0.29) is 5.91 Å². The van der Waals surface area contributed by atoms with Gasteiger partial charge in [0.1, 0.15) is 5.82 Å². The van der Waals surface area contributed by atoms with Gasteiger partial charge in [0.15, 0.2) is 11.5 Å². The fourth-order valence-electron chi connectivity index (χ4n) is 4.87. The Morgan fingerprint density at radius 1 is 1.09 bits per heavy atom. The van der Waals surface area contributed by atoms with Crippen molar-refractivity contribution in [1.82, 2.24) is 10.3 Å². The Kier molecular flexibility index (Phi) is 8.11. The molecule has 1 atom stereocenters. The molecule has 4 rings (SSSR count). The molecule has 2 aromatic carbocycles. The first-order valence-corrected chi connectivity index (χ1v) is 12.7. The molecule has 0 fully saturated rings. The number of fused-ring (bicyclic) bond motifs is 2. The molecule has 0 saturated carbocycles. The first-order chi connectivity index (χ1) is 17.1. The van der Waals surface area contributed by atoms with E-state index in [1.54, 1.807) is 14.2 Å². The van der Waals surface area contributed by atoms with Crippen LogP contribution in [0.25, 0.3) is 10.9 Å². The Hall–Kier alpha value is -3.28. The fourth-order valence-corrected chi connectivity index (χ4v) is 4.87. The first-order valence-electron chi connectivity index (χ1n) is 12.7.